The number of β-amino-alcohol motifs (C(OH)–C–C–N with tert-alkyl or cyclic N) is 1. The number of Topliss-reactive ketones (excluding diaryl/α,β-unsaturated/α-hetero) is 1. The number of hydrogen-bond acceptors (Lipinski definition) is 5. The molecule has 2 saturated heterocycles. The van der Waals surface area contributed by atoms with Gasteiger partial charge in [-0.2, -0.15) is 0 Å². The molecule has 6 nitrogen and oxygen atoms in total. The van der Waals surface area contributed by atoms with Crippen LogP contribution in [-0.4, -0.2) is 70.5 Å². The molecule has 6 heteroatoms. The highest BCUT2D eigenvalue weighted by Crippen LogP contribution is 2.32. The molecule has 2 aliphatic rings. The molecule has 1 amide bonds. The summed E-state index contributed by atoms with van der Waals surface area (Å²) < 4.78 is 0. The molecular weight excluding hydrogens is 318 g/mol. The first-order valence-corrected chi connectivity index (χ1v) is 9.09. The molecule has 2 aliphatic heterocycles. The van der Waals surface area contributed by atoms with Crippen molar-refractivity contribution in [2.24, 2.45) is 5.73 Å². The number of carbonyl (C=O) groups excluding carboxylic acids is 2. The highest BCUT2D eigenvalue weighted by Gasteiger charge is 2.50. The SMILES string of the molecule is CCC[C@H](N)C(=O)CN1CC[C@@H]2[C@H]1[C@@H](O)CN2C(=O)c1ccccc1. The van der Waals surface area contributed by atoms with Crippen molar-refractivity contribution < 1.29 is 14.7 Å². The molecule has 3 rings (SSSR count). The van der Waals surface area contributed by atoms with E-state index in [4.69, 9.17) is 5.73 Å². The molecule has 0 aliphatic carbocycles. The van der Waals surface area contributed by atoms with Crippen LogP contribution in [0.1, 0.15) is 36.5 Å². The Balaban J connectivity index is 1.68. The number of nitrogens with two attached hydrogens (primary N) is 1. The van der Waals surface area contributed by atoms with E-state index in [1.807, 2.05) is 30.0 Å². The van der Waals surface area contributed by atoms with Gasteiger partial charge < -0.3 is 15.7 Å². The Morgan fingerprint density at radius 2 is 2.04 bits per heavy atom. The standard InChI is InChI=1S/C19H27N3O3/c1-2-6-14(20)16(23)11-21-10-9-15-18(21)17(24)12-22(15)19(25)13-7-4-3-5-8-13/h3-5,7-8,14-15,17-18,24H,2,6,9-12,20H2,1H3/t14-,15+,17-,18-/m0/s1. The molecular formula is C19H27N3O3. The number of fused-ring (bicyclic) bond motifs is 1. The molecule has 1 aromatic rings. The summed E-state index contributed by atoms with van der Waals surface area (Å²) in [6.45, 7) is 3.28. The molecule has 2 fully saturated rings. The lowest BCUT2D eigenvalue weighted by Crippen LogP contribution is -2.47. The highest BCUT2D eigenvalue weighted by atomic mass is 16.3. The van der Waals surface area contributed by atoms with Crippen LogP contribution in [0.2, 0.25) is 0 Å². The molecule has 4 atom stereocenters. The van der Waals surface area contributed by atoms with Gasteiger partial charge in [0.2, 0.25) is 0 Å². The van der Waals surface area contributed by atoms with Crippen molar-refractivity contribution in [2.45, 2.75) is 50.4 Å². The van der Waals surface area contributed by atoms with Crippen LogP contribution in [0.3, 0.4) is 0 Å². The number of nitrogens with zero attached hydrogens (tertiary/aromatic N) is 2. The summed E-state index contributed by atoms with van der Waals surface area (Å²) in [5, 5.41) is 10.5. The molecule has 0 radical (unpaired) electrons. The number of amides is 1. The summed E-state index contributed by atoms with van der Waals surface area (Å²) in [4.78, 5) is 28.8. The summed E-state index contributed by atoms with van der Waals surface area (Å²) in [6.07, 6.45) is 1.70. The topological polar surface area (TPSA) is 86.9 Å². The van der Waals surface area contributed by atoms with E-state index in [0.717, 1.165) is 12.8 Å². The molecule has 25 heavy (non-hydrogen) atoms. The van der Waals surface area contributed by atoms with Crippen molar-refractivity contribution in [1.82, 2.24) is 9.80 Å². The van der Waals surface area contributed by atoms with Gasteiger partial charge in [-0.1, -0.05) is 31.5 Å². The van der Waals surface area contributed by atoms with E-state index in [-0.39, 0.29) is 30.3 Å². The van der Waals surface area contributed by atoms with Crippen molar-refractivity contribution in [1.29, 1.82) is 0 Å². The smallest absolute Gasteiger partial charge is 0.254 e. The summed E-state index contributed by atoms with van der Waals surface area (Å²) in [5.74, 6) is -0.0365. The Morgan fingerprint density at radius 1 is 1.32 bits per heavy atom. The predicted molar refractivity (Wildman–Crippen MR) is 95.1 cm³/mol. The molecule has 0 spiro atoms. The predicted octanol–water partition coefficient (Wildman–Crippen LogP) is 0.643. The number of aliphatic hydroxyl groups excluding tert-OH is 1. The summed E-state index contributed by atoms with van der Waals surface area (Å²) in [5.41, 5.74) is 6.56. The maximum absolute atomic E-state index is 12.8. The molecule has 0 saturated carbocycles. The van der Waals surface area contributed by atoms with Gasteiger partial charge in [-0.25, -0.2) is 0 Å². The third kappa shape index (κ3) is 3.61. The van der Waals surface area contributed by atoms with Crippen LogP contribution >= 0.6 is 0 Å². The maximum atomic E-state index is 12.8. The molecule has 0 bridgehead atoms. The van der Waals surface area contributed by atoms with Gasteiger partial charge >= 0.3 is 0 Å². The molecule has 0 aromatic heterocycles. The van der Waals surface area contributed by atoms with Crippen LogP contribution in [0.4, 0.5) is 0 Å². The number of ketones is 1. The number of hydrogen-bond donors (Lipinski definition) is 2. The fraction of sp³-hybridized carbons (Fsp3) is 0.579. The van der Waals surface area contributed by atoms with Gasteiger partial charge in [-0.15, -0.1) is 0 Å². The summed E-state index contributed by atoms with van der Waals surface area (Å²) in [6, 6.07) is 8.48. The normalized spacial score (nSPS) is 27.3. The summed E-state index contributed by atoms with van der Waals surface area (Å²) >= 11 is 0. The van der Waals surface area contributed by atoms with Gasteiger partial charge in [0.1, 0.15) is 0 Å². The summed E-state index contributed by atoms with van der Waals surface area (Å²) in [7, 11) is 0. The average Bonchev–Trinajstić information content (AvgIpc) is 3.17. The second kappa shape index (κ2) is 7.64. The van der Waals surface area contributed by atoms with Crippen LogP contribution in [0.15, 0.2) is 30.3 Å². The zero-order valence-corrected chi connectivity index (χ0v) is 14.7. The van der Waals surface area contributed by atoms with E-state index in [1.165, 1.54) is 0 Å². The van der Waals surface area contributed by atoms with Gasteiger partial charge in [0.25, 0.3) is 5.91 Å². The second-order valence-electron chi connectivity index (χ2n) is 7.07. The average molecular weight is 345 g/mol. The zero-order valence-electron chi connectivity index (χ0n) is 14.7. The first-order valence-electron chi connectivity index (χ1n) is 9.09. The third-order valence-electron chi connectivity index (χ3n) is 5.36. The molecule has 3 N–H and O–H groups in total. The third-order valence-corrected chi connectivity index (χ3v) is 5.36. The van der Waals surface area contributed by atoms with E-state index in [1.54, 1.807) is 17.0 Å². The highest BCUT2D eigenvalue weighted by molar-refractivity contribution is 5.94. The van der Waals surface area contributed by atoms with Crippen molar-refractivity contribution in [3.8, 4) is 0 Å². The van der Waals surface area contributed by atoms with Gasteiger partial charge in [-0.05, 0) is 25.0 Å². The Hall–Kier alpha value is -1.76. The lowest BCUT2D eigenvalue weighted by molar-refractivity contribution is -0.122. The Kier molecular flexibility index (Phi) is 5.51. The van der Waals surface area contributed by atoms with Crippen LogP contribution < -0.4 is 5.73 Å². The largest absolute Gasteiger partial charge is 0.390 e. The van der Waals surface area contributed by atoms with Crippen molar-refractivity contribution in [3.63, 3.8) is 0 Å². The lowest BCUT2D eigenvalue weighted by atomic mass is 10.1. The lowest BCUT2D eigenvalue weighted by Gasteiger charge is -2.26. The molecule has 2 heterocycles. The van der Waals surface area contributed by atoms with E-state index in [2.05, 4.69) is 0 Å². The van der Waals surface area contributed by atoms with Gasteiger partial charge in [-0.3, -0.25) is 14.5 Å². The maximum Gasteiger partial charge on any atom is 0.254 e. The van der Waals surface area contributed by atoms with Crippen molar-refractivity contribution >= 4 is 11.7 Å². The Bertz CT molecular complexity index is 622. The van der Waals surface area contributed by atoms with Gasteiger partial charge in [0.15, 0.2) is 5.78 Å². The number of likely N-dealkylation sites (tertiary alicyclic amines) is 2. The van der Waals surface area contributed by atoms with Crippen molar-refractivity contribution in [2.75, 3.05) is 19.6 Å². The first-order chi connectivity index (χ1) is 12.0. The molecule has 1 aromatic carbocycles. The quantitative estimate of drug-likeness (QED) is 0.790. The first kappa shape index (κ1) is 18.0. The van der Waals surface area contributed by atoms with E-state index >= 15 is 0 Å². The van der Waals surface area contributed by atoms with Crippen LogP contribution in [-0.2, 0) is 4.79 Å². The number of rotatable bonds is 6. The van der Waals surface area contributed by atoms with Gasteiger partial charge in [0.05, 0.1) is 30.8 Å². The van der Waals surface area contributed by atoms with Crippen LogP contribution in [0.5, 0.6) is 0 Å². The second-order valence-corrected chi connectivity index (χ2v) is 7.07. The Morgan fingerprint density at radius 3 is 2.72 bits per heavy atom. The van der Waals surface area contributed by atoms with Crippen LogP contribution in [0, 0.1) is 0 Å². The number of benzene rings is 1. The zero-order chi connectivity index (χ0) is 18.0. The number of carbonyl (C=O) groups is 2. The Labute approximate surface area is 148 Å². The minimum absolute atomic E-state index is 0.0162. The molecule has 136 valence electrons. The minimum atomic E-state index is -0.629. The molecule has 0 unspecified atom stereocenters. The monoisotopic (exact) mass is 345 g/mol. The van der Waals surface area contributed by atoms with E-state index in [9.17, 15) is 14.7 Å². The van der Waals surface area contributed by atoms with Crippen LogP contribution in [0.25, 0.3) is 0 Å². The van der Waals surface area contributed by atoms with E-state index < -0.39 is 12.1 Å². The minimum Gasteiger partial charge on any atom is -0.390 e. The van der Waals surface area contributed by atoms with E-state index in [0.29, 0.717) is 25.1 Å². The van der Waals surface area contributed by atoms with Gasteiger partial charge in [0, 0.05) is 18.7 Å². The van der Waals surface area contributed by atoms with Crippen molar-refractivity contribution in [3.05, 3.63) is 35.9 Å². The number of aliphatic hydroxyl groups is 1. The fourth-order valence-electron chi connectivity index (χ4n) is 4.10. The fourth-order valence-corrected chi connectivity index (χ4v) is 4.10.